The number of hydrogen-bond acceptors (Lipinski definition) is 1. The summed E-state index contributed by atoms with van der Waals surface area (Å²) < 4.78 is 10.1. The molecule has 28 heavy (non-hydrogen) atoms. The summed E-state index contributed by atoms with van der Waals surface area (Å²) in [6, 6.07) is 0. The van der Waals surface area contributed by atoms with E-state index in [1.54, 1.807) is 0 Å². The molecule has 3 nitrogen and oxygen atoms in total. The van der Waals surface area contributed by atoms with Crippen LogP contribution in [0.3, 0.4) is 0 Å². The predicted octanol–water partition coefficient (Wildman–Crippen LogP) is 6.98. The van der Waals surface area contributed by atoms with E-state index in [1.165, 1.54) is 103 Å². The highest BCUT2D eigenvalue weighted by Gasteiger charge is 1.99. The van der Waals surface area contributed by atoms with Crippen molar-refractivity contribution in [2.24, 2.45) is 7.05 Å². The molecule has 0 radical (unpaired) electrons. The van der Waals surface area contributed by atoms with Crippen LogP contribution in [-0.4, -0.2) is 17.8 Å². The lowest BCUT2D eigenvalue weighted by Gasteiger charge is -2.04. The molecule has 0 spiro atoms. The number of rotatable bonds is 21. The molecular formula is C25H49N2O+. The van der Waals surface area contributed by atoms with E-state index in [0.717, 1.165) is 26.2 Å². The van der Waals surface area contributed by atoms with Crippen LogP contribution in [0.5, 0.6) is 0 Å². The second kappa shape index (κ2) is 19.5. The van der Waals surface area contributed by atoms with Crippen molar-refractivity contribution in [3.05, 3.63) is 18.7 Å². The lowest BCUT2D eigenvalue weighted by atomic mass is 10.0. The van der Waals surface area contributed by atoms with Crippen molar-refractivity contribution >= 4 is 0 Å². The maximum Gasteiger partial charge on any atom is 0.243 e. The van der Waals surface area contributed by atoms with Crippen LogP contribution < -0.4 is 4.57 Å². The van der Waals surface area contributed by atoms with Crippen LogP contribution in [0.1, 0.15) is 116 Å². The van der Waals surface area contributed by atoms with E-state index in [2.05, 4.69) is 41.8 Å². The quantitative estimate of drug-likeness (QED) is 0.163. The van der Waals surface area contributed by atoms with E-state index in [-0.39, 0.29) is 0 Å². The largest absolute Gasteiger partial charge is 0.381 e. The van der Waals surface area contributed by atoms with Gasteiger partial charge in [0.25, 0.3) is 0 Å². The van der Waals surface area contributed by atoms with E-state index in [4.69, 9.17) is 4.74 Å². The zero-order valence-corrected chi connectivity index (χ0v) is 19.2. The second-order valence-corrected chi connectivity index (χ2v) is 8.59. The van der Waals surface area contributed by atoms with Gasteiger partial charge in [0.05, 0.1) is 20.2 Å². The smallest absolute Gasteiger partial charge is 0.243 e. The first kappa shape index (κ1) is 25.2. The molecule has 0 N–H and O–H groups in total. The molecule has 0 aliphatic carbocycles. The van der Waals surface area contributed by atoms with Crippen LogP contribution in [0.4, 0.5) is 0 Å². The fourth-order valence-electron chi connectivity index (χ4n) is 3.84. The normalized spacial score (nSPS) is 11.4. The van der Waals surface area contributed by atoms with Crippen molar-refractivity contribution in [1.82, 2.24) is 4.57 Å². The zero-order chi connectivity index (χ0) is 20.1. The number of ether oxygens (including phenoxy) is 1. The van der Waals surface area contributed by atoms with E-state index in [0.29, 0.717) is 0 Å². The van der Waals surface area contributed by atoms with Gasteiger partial charge in [-0.3, -0.25) is 0 Å². The van der Waals surface area contributed by atoms with E-state index in [9.17, 15) is 0 Å². The maximum atomic E-state index is 5.76. The van der Waals surface area contributed by atoms with Crippen molar-refractivity contribution in [1.29, 1.82) is 0 Å². The topological polar surface area (TPSA) is 18.0 Å². The minimum absolute atomic E-state index is 0.890. The van der Waals surface area contributed by atoms with E-state index in [1.807, 2.05) is 0 Å². The van der Waals surface area contributed by atoms with Gasteiger partial charge >= 0.3 is 0 Å². The van der Waals surface area contributed by atoms with E-state index < -0.39 is 0 Å². The molecule has 0 aliphatic rings. The maximum absolute atomic E-state index is 5.76. The molecule has 0 saturated carbocycles. The van der Waals surface area contributed by atoms with E-state index >= 15 is 0 Å². The molecule has 0 atom stereocenters. The van der Waals surface area contributed by atoms with Gasteiger partial charge in [0.2, 0.25) is 6.33 Å². The summed E-state index contributed by atoms with van der Waals surface area (Å²) in [5.41, 5.74) is 0. The highest BCUT2D eigenvalue weighted by atomic mass is 16.5. The van der Waals surface area contributed by atoms with Gasteiger partial charge in [-0.25, -0.2) is 9.13 Å². The first-order valence-corrected chi connectivity index (χ1v) is 12.4. The second-order valence-electron chi connectivity index (χ2n) is 8.59. The number of unbranched alkanes of at least 4 members (excludes halogenated alkanes) is 15. The average Bonchev–Trinajstić information content (AvgIpc) is 3.11. The number of hydrogen-bond donors (Lipinski definition) is 0. The van der Waals surface area contributed by atoms with Gasteiger partial charge in [-0.05, 0) is 6.42 Å². The summed E-state index contributed by atoms with van der Waals surface area (Å²) in [5, 5.41) is 0. The van der Waals surface area contributed by atoms with Gasteiger partial charge in [0.1, 0.15) is 12.4 Å². The molecular weight excluding hydrogens is 344 g/mol. The molecule has 0 fully saturated rings. The molecule has 0 aliphatic heterocycles. The van der Waals surface area contributed by atoms with Crippen LogP contribution >= 0.6 is 0 Å². The highest BCUT2D eigenvalue weighted by Crippen LogP contribution is 2.13. The molecule has 0 amide bonds. The summed E-state index contributed by atoms with van der Waals surface area (Å²) in [6.07, 6.45) is 30.2. The lowest BCUT2D eigenvalue weighted by molar-refractivity contribution is -0.671. The van der Waals surface area contributed by atoms with Crippen LogP contribution in [-0.2, 0) is 18.3 Å². The van der Waals surface area contributed by atoms with Crippen LogP contribution in [0, 0.1) is 0 Å². The zero-order valence-electron chi connectivity index (χ0n) is 19.2. The molecule has 1 aromatic heterocycles. The molecule has 0 bridgehead atoms. The predicted molar refractivity (Wildman–Crippen MR) is 121 cm³/mol. The number of aryl methyl sites for hydroxylation is 2. The monoisotopic (exact) mass is 393 g/mol. The summed E-state index contributed by atoms with van der Waals surface area (Å²) in [5.74, 6) is 0. The summed E-state index contributed by atoms with van der Waals surface area (Å²) >= 11 is 0. The summed E-state index contributed by atoms with van der Waals surface area (Å²) in [6.45, 7) is 5.18. The van der Waals surface area contributed by atoms with Crippen molar-refractivity contribution < 1.29 is 9.30 Å². The Morgan fingerprint density at radius 1 is 0.643 bits per heavy atom. The van der Waals surface area contributed by atoms with Gasteiger partial charge in [0.15, 0.2) is 0 Å². The number of nitrogens with zero attached hydrogens (tertiary/aromatic N) is 2. The Hall–Kier alpha value is -0.830. The van der Waals surface area contributed by atoms with Gasteiger partial charge in [-0.2, -0.15) is 0 Å². The third-order valence-corrected chi connectivity index (χ3v) is 5.67. The van der Waals surface area contributed by atoms with Crippen molar-refractivity contribution in [3.63, 3.8) is 0 Å². The van der Waals surface area contributed by atoms with Crippen molar-refractivity contribution in [2.45, 2.75) is 123 Å². The summed E-state index contributed by atoms with van der Waals surface area (Å²) in [7, 11) is 2.06. The Morgan fingerprint density at radius 2 is 1.11 bits per heavy atom. The highest BCUT2D eigenvalue weighted by molar-refractivity contribution is 4.65. The standard InChI is InChI=1S/C25H49N2O/c1-3-4-5-6-7-8-9-10-11-12-13-14-15-16-17-18-23-28-24-19-20-27-22-21-26(2)25-27/h21-22,25H,3-20,23-24H2,1-2H3/q+1. The van der Waals surface area contributed by atoms with Gasteiger partial charge in [-0.1, -0.05) is 103 Å². The minimum Gasteiger partial charge on any atom is -0.381 e. The minimum atomic E-state index is 0.890. The molecule has 1 rings (SSSR count). The van der Waals surface area contributed by atoms with Gasteiger partial charge in [0, 0.05) is 13.0 Å². The van der Waals surface area contributed by atoms with Gasteiger partial charge in [-0.15, -0.1) is 0 Å². The first-order chi connectivity index (χ1) is 13.8. The Kier molecular flexibility index (Phi) is 17.5. The fraction of sp³-hybridized carbons (Fsp3) is 0.880. The number of aromatic nitrogens is 2. The van der Waals surface area contributed by atoms with Crippen molar-refractivity contribution in [2.75, 3.05) is 13.2 Å². The Balaban J connectivity index is 1.67. The van der Waals surface area contributed by atoms with Crippen molar-refractivity contribution in [3.8, 4) is 0 Å². The van der Waals surface area contributed by atoms with Crippen LogP contribution in [0.25, 0.3) is 0 Å². The fourth-order valence-corrected chi connectivity index (χ4v) is 3.84. The number of imidazole rings is 1. The molecule has 1 heterocycles. The molecule has 3 heteroatoms. The molecule has 0 aromatic carbocycles. The Bertz CT molecular complexity index is 430. The van der Waals surface area contributed by atoms with Crippen LogP contribution in [0.2, 0.25) is 0 Å². The SMILES string of the molecule is CCCCCCCCCCCCCCCCCCOCCCn1cc[n+](C)c1. The average molecular weight is 394 g/mol. The third-order valence-electron chi connectivity index (χ3n) is 5.67. The lowest BCUT2D eigenvalue weighted by Crippen LogP contribution is -2.23. The molecule has 1 aromatic rings. The Morgan fingerprint density at radius 3 is 1.57 bits per heavy atom. The molecule has 0 saturated heterocycles. The Labute approximate surface area is 175 Å². The molecule has 0 unspecified atom stereocenters. The van der Waals surface area contributed by atoms with Crippen LogP contribution in [0.15, 0.2) is 18.7 Å². The third kappa shape index (κ3) is 16.2. The summed E-state index contributed by atoms with van der Waals surface area (Å²) in [4.78, 5) is 0. The molecule has 164 valence electrons. The van der Waals surface area contributed by atoms with Gasteiger partial charge < -0.3 is 4.74 Å². The first-order valence-electron chi connectivity index (χ1n) is 12.4.